The quantitative estimate of drug-likeness (QED) is 0.227. The first-order valence-electron chi connectivity index (χ1n) is 10.3. The molecule has 0 aliphatic carbocycles. The number of carbonyl (C=O) groups is 1. The van der Waals surface area contributed by atoms with Crippen LogP contribution < -0.4 is 15.9 Å². The molecule has 0 heterocycles. The summed E-state index contributed by atoms with van der Waals surface area (Å²) in [4.78, 5) is 13.5. The third-order valence-corrected chi connectivity index (χ3v) is 15.1. The van der Waals surface area contributed by atoms with Gasteiger partial charge in [0.05, 0.1) is 0 Å². The van der Waals surface area contributed by atoms with Crippen LogP contribution in [0.25, 0.3) is 6.08 Å². The van der Waals surface area contributed by atoms with E-state index in [4.69, 9.17) is 0 Å². The fourth-order valence-corrected chi connectivity index (χ4v) is 11.4. The van der Waals surface area contributed by atoms with Crippen LogP contribution in [0.1, 0.15) is 5.56 Å². The first kappa shape index (κ1) is 21.4. The predicted octanol–water partition coefficient (Wildman–Crippen LogP) is 6.11. The van der Waals surface area contributed by atoms with Crippen molar-refractivity contribution >= 4 is 48.6 Å². The topological polar surface area (TPSA) is 17.1 Å². The second-order valence-electron chi connectivity index (χ2n) is 7.56. The Kier molecular flexibility index (Phi) is 6.32. The van der Waals surface area contributed by atoms with Gasteiger partial charge in [-0.3, -0.25) is 0 Å². The van der Waals surface area contributed by atoms with Crippen molar-refractivity contribution in [3.63, 3.8) is 0 Å². The molecule has 1 nitrogen and oxygen atoms in total. The summed E-state index contributed by atoms with van der Waals surface area (Å²) in [6.45, 7) is 0. The van der Waals surface area contributed by atoms with Crippen LogP contribution in [0.5, 0.6) is 0 Å². The van der Waals surface area contributed by atoms with E-state index in [2.05, 4.69) is 51.9 Å². The van der Waals surface area contributed by atoms with Gasteiger partial charge in [-0.1, -0.05) is 0 Å². The molecule has 0 aromatic heterocycles. The Morgan fingerprint density at radius 3 is 1.35 bits per heavy atom. The van der Waals surface area contributed by atoms with Gasteiger partial charge in [-0.15, -0.1) is 0 Å². The Balaban J connectivity index is 1.90. The SMILES string of the molecule is O=C(C=Cc1ccccc1)CP(Br)(c1ccccc1)(c1ccccc1)c1ccccc1. The van der Waals surface area contributed by atoms with Crippen LogP contribution >= 0.6 is 20.8 Å². The van der Waals surface area contributed by atoms with Crippen molar-refractivity contribution in [3.8, 4) is 0 Å². The van der Waals surface area contributed by atoms with Crippen molar-refractivity contribution in [1.29, 1.82) is 0 Å². The molecule has 3 heteroatoms. The molecule has 0 saturated heterocycles. The van der Waals surface area contributed by atoms with Crippen LogP contribution in [0.2, 0.25) is 0 Å². The maximum absolute atomic E-state index is 13.5. The molecule has 154 valence electrons. The van der Waals surface area contributed by atoms with Gasteiger partial charge in [0.25, 0.3) is 0 Å². The van der Waals surface area contributed by atoms with Crippen LogP contribution in [-0.4, -0.2) is 11.9 Å². The Hall–Kier alpha value is -2.80. The van der Waals surface area contributed by atoms with E-state index in [1.165, 1.54) is 0 Å². The van der Waals surface area contributed by atoms with Gasteiger partial charge in [-0.25, -0.2) is 0 Å². The summed E-state index contributed by atoms with van der Waals surface area (Å²) in [5, 5.41) is 0.207. The summed E-state index contributed by atoms with van der Waals surface area (Å²) in [7, 11) is 0. The van der Waals surface area contributed by atoms with Gasteiger partial charge in [0.1, 0.15) is 0 Å². The van der Waals surface area contributed by atoms with E-state index in [0.717, 1.165) is 21.5 Å². The van der Waals surface area contributed by atoms with Gasteiger partial charge in [0.15, 0.2) is 0 Å². The van der Waals surface area contributed by atoms with Crippen molar-refractivity contribution in [3.05, 3.63) is 133 Å². The summed E-state index contributed by atoms with van der Waals surface area (Å²) in [5.74, 6) is 0.0925. The first-order valence-corrected chi connectivity index (χ1v) is 14.7. The molecule has 0 radical (unpaired) electrons. The number of carbonyl (C=O) groups excluding carboxylic acids is 1. The van der Waals surface area contributed by atoms with Crippen LogP contribution in [-0.2, 0) is 4.79 Å². The minimum absolute atomic E-state index is 0.0925. The summed E-state index contributed by atoms with van der Waals surface area (Å²) in [6, 6.07) is 41.1. The van der Waals surface area contributed by atoms with Crippen LogP contribution in [0.4, 0.5) is 0 Å². The molecule has 0 N–H and O–H groups in total. The van der Waals surface area contributed by atoms with Crippen LogP contribution in [0, 0.1) is 0 Å². The van der Waals surface area contributed by atoms with E-state index in [1.807, 2.05) is 91.0 Å². The molecule has 0 aliphatic rings. The van der Waals surface area contributed by atoms with Crippen molar-refractivity contribution < 1.29 is 4.79 Å². The third kappa shape index (κ3) is 4.19. The van der Waals surface area contributed by atoms with Crippen molar-refractivity contribution in [2.24, 2.45) is 0 Å². The van der Waals surface area contributed by atoms with Crippen LogP contribution in [0.15, 0.2) is 127 Å². The fraction of sp³-hybridized carbons (Fsp3) is 0.0357. The number of rotatable bonds is 7. The van der Waals surface area contributed by atoms with Gasteiger partial charge in [-0.05, 0) is 0 Å². The number of hydrogen-bond acceptors (Lipinski definition) is 1. The van der Waals surface area contributed by atoms with Gasteiger partial charge < -0.3 is 0 Å². The molecule has 4 rings (SSSR count). The molecule has 31 heavy (non-hydrogen) atoms. The molecule has 4 aromatic carbocycles. The number of hydrogen-bond donors (Lipinski definition) is 0. The summed E-state index contributed by atoms with van der Waals surface area (Å²) >= 11 is 4.32. The van der Waals surface area contributed by atoms with E-state index in [9.17, 15) is 4.79 Å². The second-order valence-corrected chi connectivity index (χ2v) is 16.5. The minimum atomic E-state index is -3.23. The Morgan fingerprint density at radius 1 is 0.613 bits per heavy atom. The molecule has 4 aromatic rings. The molecule has 0 saturated carbocycles. The second kappa shape index (κ2) is 9.14. The molecule has 0 bridgehead atoms. The predicted molar refractivity (Wildman–Crippen MR) is 139 cm³/mol. The number of allylic oxidation sites excluding steroid dienone is 1. The van der Waals surface area contributed by atoms with Gasteiger partial charge in [-0.2, -0.15) is 0 Å². The average molecular weight is 487 g/mol. The zero-order valence-corrected chi connectivity index (χ0v) is 19.6. The normalized spacial score (nSPS) is 12.9. The van der Waals surface area contributed by atoms with Gasteiger partial charge >= 0.3 is 192 Å². The molecule has 0 amide bonds. The summed E-state index contributed by atoms with van der Waals surface area (Å²) in [5.41, 5.74) is 1.02. The fourth-order valence-electron chi connectivity index (χ4n) is 4.04. The van der Waals surface area contributed by atoms with E-state index in [1.54, 1.807) is 6.08 Å². The van der Waals surface area contributed by atoms with Crippen molar-refractivity contribution in [2.45, 2.75) is 0 Å². The Labute approximate surface area is 192 Å². The van der Waals surface area contributed by atoms with Crippen molar-refractivity contribution in [2.75, 3.05) is 6.16 Å². The summed E-state index contributed by atoms with van der Waals surface area (Å²) < 4.78 is 0. The standard InChI is InChI=1S/C28H24BrOP/c29-31(26-15-7-2-8-16-26,27-17-9-3-10-18-27,28-19-11-4-12-20-28)23-25(30)22-21-24-13-5-1-6-14-24/h1-22H,23H2. The van der Waals surface area contributed by atoms with Crippen molar-refractivity contribution in [1.82, 2.24) is 0 Å². The number of ketones is 1. The van der Waals surface area contributed by atoms with E-state index < -0.39 is 5.31 Å². The molecular weight excluding hydrogens is 463 g/mol. The molecule has 0 fully saturated rings. The van der Waals surface area contributed by atoms with Crippen LogP contribution in [0.3, 0.4) is 0 Å². The summed E-state index contributed by atoms with van der Waals surface area (Å²) in [6.07, 6.45) is 3.98. The van der Waals surface area contributed by atoms with Gasteiger partial charge in [0, 0.05) is 0 Å². The van der Waals surface area contributed by atoms with E-state index in [-0.39, 0.29) is 5.78 Å². The first-order chi connectivity index (χ1) is 15.1. The van der Waals surface area contributed by atoms with E-state index in [0.29, 0.717) is 6.16 Å². The Bertz CT molecular complexity index is 1070. The van der Waals surface area contributed by atoms with E-state index >= 15 is 0 Å². The monoisotopic (exact) mass is 486 g/mol. The molecule has 0 atom stereocenters. The third-order valence-electron chi connectivity index (χ3n) is 5.60. The zero-order chi connectivity index (χ0) is 21.6. The maximum atomic E-state index is 13.5. The average Bonchev–Trinajstić information content (AvgIpc) is 2.85. The molecule has 0 unspecified atom stereocenters. The molecule has 0 aliphatic heterocycles. The van der Waals surface area contributed by atoms with Gasteiger partial charge in [0.2, 0.25) is 0 Å². The zero-order valence-electron chi connectivity index (χ0n) is 17.1. The molecule has 0 spiro atoms. The number of benzene rings is 4. The molecular formula is C28H24BrOP. The number of halogens is 1. The Morgan fingerprint density at radius 2 is 0.968 bits per heavy atom.